The number of nitrogens with zero attached hydrogens (tertiary/aromatic N) is 1. The van der Waals surface area contributed by atoms with Crippen LogP contribution in [0.4, 0.5) is 0 Å². The molecule has 1 saturated heterocycles. The highest BCUT2D eigenvalue weighted by Gasteiger charge is 2.25. The smallest absolute Gasteiger partial charge is 0.123 e. The first-order chi connectivity index (χ1) is 10.0. The number of hydrogen-bond acceptors (Lipinski definition) is 4. The average Bonchev–Trinajstić information content (AvgIpc) is 2.49. The van der Waals surface area contributed by atoms with Gasteiger partial charge >= 0.3 is 0 Å². The Labute approximate surface area is 128 Å². The number of likely N-dealkylation sites (tertiary alicyclic amines) is 1. The van der Waals surface area contributed by atoms with E-state index in [4.69, 9.17) is 15.2 Å². The summed E-state index contributed by atoms with van der Waals surface area (Å²) < 4.78 is 10.7. The standard InChI is InChI=1S/C17H28N2O2/c1-12-7-8-19(13(2)9-12)11-16(18)15-10-14(20-3)5-6-17(15)21-4/h5-6,10,12-13,16H,7-9,11,18H2,1-4H3. The SMILES string of the molecule is COc1ccc(OC)c(C(N)CN2CCC(C)CC2C)c1. The zero-order valence-corrected chi connectivity index (χ0v) is 13.6. The molecule has 1 fully saturated rings. The lowest BCUT2D eigenvalue weighted by Crippen LogP contribution is -2.43. The molecule has 0 bridgehead atoms. The minimum atomic E-state index is -0.0640. The third-order valence-corrected chi connectivity index (χ3v) is 4.54. The normalized spacial score (nSPS) is 24.6. The number of piperidine rings is 1. The van der Waals surface area contributed by atoms with Gasteiger partial charge < -0.3 is 15.2 Å². The van der Waals surface area contributed by atoms with Crippen LogP contribution < -0.4 is 15.2 Å². The number of ether oxygens (including phenoxy) is 2. The van der Waals surface area contributed by atoms with Gasteiger partial charge in [0.2, 0.25) is 0 Å². The predicted octanol–water partition coefficient (Wildman–Crippen LogP) is 2.82. The molecule has 118 valence electrons. The maximum atomic E-state index is 6.45. The van der Waals surface area contributed by atoms with Crippen molar-refractivity contribution in [3.63, 3.8) is 0 Å². The second-order valence-electron chi connectivity index (χ2n) is 6.19. The van der Waals surface area contributed by atoms with Crippen LogP contribution in [0.1, 0.15) is 38.3 Å². The van der Waals surface area contributed by atoms with Crippen LogP contribution in [0.3, 0.4) is 0 Å². The summed E-state index contributed by atoms with van der Waals surface area (Å²) in [5.74, 6) is 2.47. The Hall–Kier alpha value is -1.26. The third-order valence-electron chi connectivity index (χ3n) is 4.54. The van der Waals surface area contributed by atoms with Gasteiger partial charge in [-0.1, -0.05) is 6.92 Å². The Kier molecular flexibility index (Phi) is 5.48. The van der Waals surface area contributed by atoms with Crippen LogP contribution in [0, 0.1) is 5.92 Å². The molecule has 0 aliphatic carbocycles. The summed E-state index contributed by atoms with van der Waals surface area (Å²) in [4.78, 5) is 2.49. The van der Waals surface area contributed by atoms with Crippen molar-refractivity contribution in [1.82, 2.24) is 4.90 Å². The summed E-state index contributed by atoms with van der Waals surface area (Å²) in [5, 5.41) is 0. The van der Waals surface area contributed by atoms with Gasteiger partial charge in [-0.05, 0) is 50.4 Å². The molecule has 1 aromatic rings. The van der Waals surface area contributed by atoms with E-state index in [1.807, 2.05) is 18.2 Å². The van der Waals surface area contributed by atoms with Crippen molar-refractivity contribution in [2.75, 3.05) is 27.3 Å². The molecule has 0 saturated carbocycles. The second-order valence-corrected chi connectivity index (χ2v) is 6.19. The van der Waals surface area contributed by atoms with Gasteiger partial charge in [-0.15, -0.1) is 0 Å². The van der Waals surface area contributed by atoms with E-state index in [0.29, 0.717) is 6.04 Å². The fourth-order valence-corrected chi connectivity index (χ4v) is 3.21. The fraction of sp³-hybridized carbons (Fsp3) is 0.647. The van der Waals surface area contributed by atoms with Gasteiger partial charge in [0.05, 0.1) is 14.2 Å². The molecule has 3 atom stereocenters. The third kappa shape index (κ3) is 3.89. The van der Waals surface area contributed by atoms with E-state index in [1.165, 1.54) is 12.8 Å². The van der Waals surface area contributed by atoms with Crippen molar-refractivity contribution < 1.29 is 9.47 Å². The number of rotatable bonds is 5. The molecule has 21 heavy (non-hydrogen) atoms. The lowest BCUT2D eigenvalue weighted by molar-refractivity contribution is 0.122. The van der Waals surface area contributed by atoms with Crippen LogP contribution in [0.15, 0.2) is 18.2 Å². The minimum Gasteiger partial charge on any atom is -0.497 e. The van der Waals surface area contributed by atoms with Crippen LogP contribution in [0.5, 0.6) is 11.5 Å². The Morgan fingerprint density at radius 3 is 2.67 bits per heavy atom. The molecule has 1 aromatic carbocycles. The molecular formula is C17H28N2O2. The average molecular weight is 292 g/mol. The summed E-state index contributed by atoms with van der Waals surface area (Å²) in [5.41, 5.74) is 7.46. The van der Waals surface area contributed by atoms with Crippen molar-refractivity contribution in [2.24, 2.45) is 11.7 Å². The topological polar surface area (TPSA) is 47.7 Å². The number of nitrogens with two attached hydrogens (primary N) is 1. The Balaban J connectivity index is 2.10. The lowest BCUT2D eigenvalue weighted by Gasteiger charge is -2.38. The lowest BCUT2D eigenvalue weighted by atomic mass is 9.92. The van der Waals surface area contributed by atoms with Crippen molar-refractivity contribution in [3.05, 3.63) is 23.8 Å². The first-order valence-electron chi connectivity index (χ1n) is 7.76. The molecule has 2 N–H and O–H groups in total. The molecule has 1 aliphatic rings. The monoisotopic (exact) mass is 292 g/mol. The Morgan fingerprint density at radius 2 is 2.05 bits per heavy atom. The summed E-state index contributed by atoms with van der Waals surface area (Å²) in [6.45, 7) is 6.61. The van der Waals surface area contributed by atoms with E-state index in [1.54, 1.807) is 14.2 Å². The Morgan fingerprint density at radius 1 is 1.29 bits per heavy atom. The van der Waals surface area contributed by atoms with E-state index < -0.39 is 0 Å². The van der Waals surface area contributed by atoms with Crippen molar-refractivity contribution in [1.29, 1.82) is 0 Å². The summed E-state index contributed by atoms with van der Waals surface area (Å²) >= 11 is 0. The van der Waals surface area contributed by atoms with Crippen molar-refractivity contribution in [2.45, 2.75) is 38.8 Å². The molecule has 0 aromatic heterocycles. The highest BCUT2D eigenvalue weighted by atomic mass is 16.5. The minimum absolute atomic E-state index is 0.0640. The van der Waals surface area contributed by atoms with Crippen LogP contribution in [0.2, 0.25) is 0 Å². The first kappa shape index (κ1) is 16.1. The maximum Gasteiger partial charge on any atom is 0.123 e. The number of methoxy groups -OCH3 is 2. The molecule has 3 unspecified atom stereocenters. The van der Waals surface area contributed by atoms with E-state index in [0.717, 1.165) is 36.1 Å². The van der Waals surface area contributed by atoms with Gasteiger partial charge in [-0.2, -0.15) is 0 Å². The number of hydrogen-bond donors (Lipinski definition) is 1. The molecule has 0 spiro atoms. The summed E-state index contributed by atoms with van der Waals surface area (Å²) in [6, 6.07) is 6.35. The van der Waals surface area contributed by atoms with Gasteiger partial charge in [0.15, 0.2) is 0 Å². The van der Waals surface area contributed by atoms with Gasteiger partial charge in [0.25, 0.3) is 0 Å². The van der Waals surface area contributed by atoms with Crippen LogP contribution in [-0.2, 0) is 0 Å². The fourth-order valence-electron chi connectivity index (χ4n) is 3.21. The molecule has 2 rings (SSSR count). The molecule has 0 radical (unpaired) electrons. The van der Waals surface area contributed by atoms with Gasteiger partial charge in [0, 0.05) is 24.2 Å². The molecule has 1 heterocycles. The zero-order chi connectivity index (χ0) is 15.4. The first-order valence-corrected chi connectivity index (χ1v) is 7.76. The van der Waals surface area contributed by atoms with E-state index in [9.17, 15) is 0 Å². The predicted molar refractivity (Wildman–Crippen MR) is 85.9 cm³/mol. The molecule has 1 aliphatic heterocycles. The van der Waals surface area contributed by atoms with Gasteiger partial charge in [0.1, 0.15) is 11.5 Å². The van der Waals surface area contributed by atoms with Crippen LogP contribution >= 0.6 is 0 Å². The maximum absolute atomic E-state index is 6.45. The van der Waals surface area contributed by atoms with Gasteiger partial charge in [-0.25, -0.2) is 0 Å². The summed E-state index contributed by atoms with van der Waals surface area (Å²) in [7, 11) is 3.36. The number of benzene rings is 1. The molecule has 4 nitrogen and oxygen atoms in total. The largest absolute Gasteiger partial charge is 0.497 e. The molecule has 4 heteroatoms. The highest BCUT2D eigenvalue weighted by molar-refractivity contribution is 5.42. The van der Waals surface area contributed by atoms with Crippen LogP contribution in [-0.4, -0.2) is 38.3 Å². The summed E-state index contributed by atoms with van der Waals surface area (Å²) in [6.07, 6.45) is 2.51. The zero-order valence-electron chi connectivity index (χ0n) is 13.6. The van der Waals surface area contributed by atoms with Crippen molar-refractivity contribution >= 4 is 0 Å². The van der Waals surface area contributed by atoms with E-state index in [-0.39, 0.29) is 6.04 Å². The second kappa shape index (κ2) is 7.14. The van der Waals surface area contributed by atoms with E-state index in [2.05, 4.69) is 18.7 Å². The van der Waals surface area contributed by atoms with Gasteiger partial charge in [-0.3, -0.25) is 4.90 Å². The van der Waals surface area contributed by atoms with Crippen molar-refractivity contribution in [3.8, 4) is 11.5 Å². The molecule has 0 amide bonds. The molecular weight excluding hydrogens is 264 g/mol. The highest BCUT2D eigenvalue weighted by Crippen LogP contribution is 2.30. The Bertz CT molecular complexity index is 464. The van der Waals surface area contributed by atoms with Crippen LogP contribution in [0.25, 0.3) is 0 Å². The van der Waals surface area contributed by atoms with E-state index >= 15 is 0 Å². The quantitative estimate of drug-likeness (QED) is 0.906.